The van der Waals surface area contributed by atoms with Crippen LogP contribution in [0.15, 0.2) is 42.9 Å². The molecular formula is C23H25ClN6O. The number of hydrogen-bond donors (Lipinski definition) is 0. The van der Waals surface area contributed by atoms with Crippen LogP contribution in [0.4, 0.5) is 5.95 Å². The molecule has 31 heavy (non-hydrogen) atoms. The lowest BCUT2D eigenvalue weighted by Crippen LogP contribution is -2.40. The first kappa shape index (κ1) is 21.2. The van der Waals surface area contributed by atoms with Gasteiger partial charge in [0, 0.05) is 56.1 Å². The molecule has 160 valence electrons. The highest BCUT2D eigenvalue weighted by atomic mass is 35.5. The van der Waals surface area contributed by atoms with Crippen LogP contribution >= 0.6 is 11.6 Å². The number of nitrogens with zero attached hydrogens (tertiary/aromatic N) is 6. The fourth-order valence-electron chi connectivity index (χ4n) is 3.84. The molecule has 0 saturated carbocycles. The van der Waals surface area contributed by atoms with Gasteiger partial charge in [-0.1, -0.05) is 23.7 Å². The highest BCUT2D eigenvalue weighted by Crippen LogP contribution is 2.35. The van der Waals surface area contributed by atoms with Gasteiger partial charge in [0.15, 0.2) is 0 Å². The van der Waals surface area contributed by atoms with E-state index in [1.165, 1.54) is 0 Å². The van der Waals surface area contributed by atoms with E-state index in [9.17, 15) is 4.79 Å². The number of aryl methyl sites for hydroxylation is 1. The number of amides is 1. The maximum absolute atomic E-state index is 13.0. The van der Waals surface area contributed by atoms with Crippen molar-refractivity contribution in [2.24, 2.45) is 0 Å². The molecule has 0 bridgehead atoms. The van der Waals surface area contributed by atoms with Gasteiger partial charge in [0.05, 0.1) is 17.6 Å². The zero-order valence-corrected chi connectivity index (χ0v) is 18.7. The summed E-state index contributed by atoms with van der Waals surface area (Å²) in [5.74, 6) is 0.642. The average Bonchev–Trinajstić information content (AvgIpc) is 2.79. The van der Waals surface area contributed by atoms with Crippen LogP contribution in [0.25, 0.3) is 11.1 Å². The van der Waals surface area contributed by atoms with Crippen LogP contribution in [-0.2, 0) is 0 Å². The highest BCUT2D eigenvalue weighted by molar-refractivity contribution is 6.30. The lowest BCUT2D eigenvalue weighted by molar-refractivity contribution is 0.0699. The van der Waals surface area contributed by atoms with Gasteiger partial charge in [0.25, 0.3) is 5.91 Å². The molecule has 3 aromatic rings. The third kappa shape index (κ3) is 4.66. The van der Waals surface area contributed by atoms with Gasteiger partial charge in [0.2, 0.25) is 5.95 Å². The summed E-state index contributed by atoms with van der Waals surface area (Å²) in [6, 6.07) is 7.71. The Labute approximate surface area is 187 Å². The van der Waals surface area contributed by atoms with Crippen molar-refractivity contribution >= 4 is 23.5 Å². The smallest absolute Gasteiger partial charge is 0.274 e. The highest BCUT2D eigenvalue weighted by Gasteiger charge is 2.29. The van der Waals surface area contributed by atoms with Gasteiger partial charge in [-0.25, -0.2) is 15.0 Å². The van der Waals surface area contributed by atoms with Crippen LogP contribution in [0.3, 0.4) is 0 Å². The van der Waals surface area contributed by atoms with Gasteiger partial charge in [-0.05, 0) is 37.5 Å². The van der Waals surface area contributed by atoms with Gasteiger partial charge < -0.3 is 9.80 Å². The number of rotatable bonds is 4. The number of hydrogen-bond acceptors (Lipinski definition) is 6. The maximum Gasteiger partial charge on any atom is 0.274 e. The summed E-state index contributed by atoms with van der Waals surface area (Å²) in [4.78, 5) is 34.7. The summed E-state index contributed by atoms with van der Waals surface area (Å²) in [5, 5.41) is 0.665. The normalized spacial score (nSPS) is 16.3. The summed E-state index contributed by atoms with van der Waals surface area (Å²) in [7, 11) is 3.84. The molecule has 1 fully saturated rings. The number of carbonyl (C=O) groups is 1. The molecule has 2 aromatic heterocycles. The van der Waals surface area contributed by atoms with E-state index < -0.39 is 0 Å². The molecule has 4 rings (SSSR count). The van der Waals surface area contributed by atoms with E-state index in [1.807, 2.05) is 61.3 Å². The lowest BCUT2D eigenvalue weighted by Gasteiger charge is -2.33. The summed E-state index contributed by atoms with van der Waals surface area (Å²) in [6.07, 6.45) is 6.87. The second-order valence-electron chi connectivity index (χ2n) is 8.01. The predicted molar refractivity (Wildman–Crippen MR) is 121 cm³/mol. The van der Waals surface area contributed by atoms with Gasteiger partial charge in [0.1, 0.15) is 5.69 Å². The molecule has 0 spiro atoms. The van der Waals surface area contributed by atoms with E-state index in [0.29, 0.717) is 29.8 Å². The van der Waals surface area contributed by atoms with Crippen LogP contribution < -0.4 is 4.90 Å². The second kappa shape index (κ2) is 8.98. The zero-order valence-electron chi connectivity index (χ0n) is 17.9. The Morgan fingerprint density at radius 2 is 2.00 bits per heavy atom. The summed E-state index contributed by atoms with van der Waals surface area (Å²) in [5.41, 5.74) is 4.02. The number of aromatic nitrogens is 4. The molecule has 3 heterocycles. The van der Waals surface area contributed by atoms with Crippen molar-refractivity contribution < 1.29 is 4.79 Å². The van der Waals surface area contributed by atoms with Crippen molar-refractivity contribution in [3.8, 4) is 11.1 Å². The van der Waals surface area contributed by atoms with E-state index in [2.05, 4.69) is 15.0 Å². The quantitative estimate of drug-likeness (QED) is 0.615. The second-order valence-corrected chi connectivity index (χ2v) is 8.44. The van der Waals surface area contributed by atoms with E-state index in [1.54, 1.807) is 12.4 Å². The Kier molecular flexibility index (Phi) is 6.13. The van der Waals surface area contributed by atoms with Crippen molar-refractivity contribution in [1.82, 2.24) is 24.8 Å². The van der Waals surface area contributed by atoms with Gasteiger partial charge in [-0.3, -0.25) is 9.78 Å². The van der Waals surface area contributed by atoms with Crippen LogP contribution in [0.2, 0.25) is 5.02 Å². The number of carbonyl (C=O) groups excluding carboxylic acids is 1. The van der Waals surface area contributed by atoms with E-state index in [0.717, 1.165) is 35.4 Å². The molecule has 0 N–H and O–H groups in total. The van der Waals surface area contributed by atoms with Crippen LogP contribution in [0.5, 0.6) is 0 Å². The number of halogens is 1. The van der Waals surface area contributed by atoms with Crippen LogP contribution in [0.1, 0.15) is 40.6 Å². The molecule has 0 unspecified atom stereocenters. The number of likely N-dealkylation sites (tertiary alicyclic amines) is 1. The summed E-state index contributed by atoms with van der Waals surface area (Å²) >= 11 is 6.24. The van der Waals surface area contributed by atoms with Crippen LogP contribution in [0, 0.1) is 6.92 Å². The van der Waals surface area contributed by atoms with E-state index >= 15 is 0 Å². The molecule has 1 saturated heterocycles. The van der Waals surface area contributed by atoms with Crippen molar-refractivity contribution in [3.05, 3.63) is 65.0 Å². The minimum absolute atomic E-state index is 0.0896. The predicted octanol–water partition coefficient (Wildman–Crippen LogP) is 3.98. The molecule has 0 radical (unpaired) electrons. The minimum atomic E-state index is -0.0941. The first-order valence-electron chi connectivity index (χ1n) is 10.3. The van der Waals surface area contributed by atoms with Crippen molar-refractivity contribution in [3.63, 3.8) is 0 Å². The standard InChI is InChI=1S/C23H25ClN6O/c1-15-11-26-20(13-25-15)22(31)30-9-5-7-17(14-30)21-19(12-27-23(28-21)29(2)3)16-6-4-8-18(24)10-16/h4,6,8,10-13,17H,5,7,9,14H2,1-3H3/t17-/m1/s1. The molecule has 8 heteroatoms. The Morgan fingerprint density at radius 1 is 1.16 bits per heavy atom. The van der Waals surface area contributed by atoms with Crippen LogP contribution in [-0.4, -0.2) is 57.9 Å². The molecular weight excluding hydrogens is 412 g/mol. The third-order valence-electron chi connectivity index (χ3n) is 5.44. The maximum atomic E-state index is 13.0. The van der Waals surface area contributed by atoms with E-state index in [4.69, 9.17) is 16.6 Å². The first-order chi connectivity index (χ1) is 14.9. The molecule has 1 amide bonds. The molecule has 7 nitrogen and oxygen atoms in total. The van der Waals surface area contributed by atoms with Gasteiger partial charge in [-0.2, -0.15) is 0 Å². The zero-order chi connectivity index (χ0) is 22.0. The van der Waals surface area contributed by atoms with Crippen molar-refractivity contribution in [1.29, 1.82) is 0 Å². The van der Waals surface area contributed by atoms with Crippen molar-refractivity contribution in [2.45, 2.75) is 25.7 Å². The Bertz CT molecular complexity index is 1090. The summed E-state index contributed by atoms with van der Waals surface area (Å²) in [6.45, 7) is 3.13. The molecule has 1 aliphatic rings. The van der Waals surface area contributed by atoms with E-state index in [-0.39, 0.29) is 11.8 Å². The monoisotopic (exact) mass is 436 g/mol. The number of piperidine rings is 1. The topological polar surface area (TPSA) is 75.1 Å². The number of benzene rings is 1. The molecule has 1 atom stereocenters. The minimum Gasteiger partial charge on any atom is -0.347 e. The average molecular weight is 437 g/mol. The van der Waals surface area contributed by atoms with Gasteiger partial charge in [-0.15, -0.1) is 0 Å². The Balaban J connectivity index is 1.68. The van der Waals surface area contributed by atoms with Crippen molar-refractivity contribution in [2.75, 3.05) is 32.1 Å². The fourth-order valence-corrected chi connectivity index (χ4v) is 4.03. The Morgan fingerprint density at radius 3 is 2.71 bits per heavy atom. The summed E-state index contributed by atoms with van der Waals surface area (Å²) < 4.78 is 0. The third-order valence-corrected chi connectivity index (χ3v) is 5.67. The molecule has 1 aliphatic heterocycles. The lowest BCUT2D eigenvalue weighted by atomic mass is 9.89. The largest absolute Gasteiger partial charge is 0.347 e. The Hall–Kier alpha value is -3.06. The SMILES string of the molecule is Cc1cnc(C(=O)N2CCC[C@@H](c3nc(N(C)C)ncc3-c3cccc(Cl)c3)C2)cn1. The fraction of sp³-hybridized carbons (Fsp3) is 0.348. The number of anilines is 1. The molecule has 0 aliphatic carbocycles. The first-order valence-corrected chi connectivity index (χ1v) is 10.7. The van der Waals surface area contributed by atoms with Gasteiger partial charge >= 0.3 is 0 Å². The molecule has 1 aromatic carbocycles.